The van der Waals surface area contributed by atoms with E-state index in [4.69, 9.17) is 4.74 Å². The average molecular weight is 396 g/mol. The third kappa shape index (κ3) is 5.76. The number of hydrogen-bond acceptors (Lipinski definition) is 6. The molecule has 0 saturated heterocycles. The Bertz CT molecular complexity index is 963. The Morgan fingerprint density at radius 1 is 1.50 bits per heavy atom. The van der Waals surface area contributed by atoms with E-state index < -0.39 is 12.1 Å². The molecule has 1 unspecified atom stereocenters. The van der Waals surface area contributed by atoms with Crippen LogP contribution in [0.5, 0.6) is 0 Å². The fraction of sp³-hybridized carbons (Fsp3) is 0.333. The maximum absolute atomic E-state index is 12.0. The molecular formula is C21H20N2O4S. The Morgan fingerprint density at radius 3 is 3.11 bits per heavy atom. The predicted octanol–water partition coefficient (Wildman–Crippen LogP) is 4.14. The SMILES string of the molecule is C[C@H](C#Cc1nc2ccccc2s1)OC(=O)/C=C/C1=CCCC(C[N+](=O)[O-])C1. The van der Waals surface area contributed by atoms with Crippen molar-refractivity contribution >= 4 is 27.5 Å². The standard InChI is InChI=1S/C21H20N2O4S/c1-15(9-11-20-22-18-7-2-3-8-19(18)28-20)27-21(24)12-10-16-5-4-6-17(13-16)14-23(25)26/h2-3,5,7-8,10,12,15,17H,4,6,13-14H2,1H3/b12-10+/t15-,17?/m1/s1. The van der Waals surface area contributed by atoms with Crippen molar-refractivity contribution in [3.05, 3.63) is 63.2 Å². The molecule has 1 aromatic carbocycles. The van der Waals surface area contributed by atoms with Crippen LogP contribution in [0.2, 0.25) is 0 Å². The highest BCUT2D eigenvalue weighted by Crippen LogP contribution is 2.25. The van der Waals surface area contributed by atoms with Crippen LogP contribution in [0.3, 0.4) is 0 Å². The summed E-state index contributed by atoms with van der Waals surface area (Å²) in [5.41, 5.74) is 1.84. The number of nitro groups is 1. The van der Waals surface area contributed by atoms with Gasteiger partial charge in [-0.15, -0.1) is 11.3 Å². The van der Waals surface area contributed by atoms with Gasteiger partial charge < -0.3 is 4.74 Å². The molecule has 0 amide bonds. The number of esters is 1. The molecule has 1 aromatic heterocycles. The highest BCUT2D eigenvalue weighted by atomic mass is 32.1. The Labute approximate surface area is 167 Å². The summed E-state index contributed by atoms with van der Waals surface area (Å²) in [7, 11) is 0. The van der Waals surface area contributed by atoms with E-state index in [1.807, 2.05) is 30.3 Å². The summed E-state index contributed by atoms with van der Waals surface area (Å²) in [5.74, 6) is 5.38. The van der Waals surface area contributed by atoms with Crippen LogP contribution < -0.4 is 0 Å². The third-order valence-corrected chi connectivity index (χ3v) is 5.27. The first-order valence-corrected chi connectivity index (χ1v) is 9.88. The van der Waals surface area contributed by atoms with Crippen molar-refractivity contribution in [3.63, 3.8) is 0 Å². The van der Waals surface area contributed by atoms with Crippen LogP contribution in [0.1, 0.15) is 31.2 Å². The monoisotopic (exact) mass is 396 g/mol. The van der Waals surface area contributed by atoms with Crippen molar-refractivity contribution in [2.24, 2.45) is 5.92 Å². The van der Waals surface area contributed by atoms with Crippen molar-refractivity contribution in [1.82, 2.24) is 4.98 Å². The third-order valence-electron chi connectivity index (χ3n) is 4.32. The molecule has 1 aliphatic carbocycles. The molecule has 2 atom stereocenters. The number of benzene rings is 1. The average Bonchev–Trinajstić information content (AvgIpc) is 3.07. The lowest BCUT2D eigenvalue weighted by atomic mass is 9.89. The van der Waals surface area contributed by atoms with Gasteiger partial charge in [-0.2, -0.15) is 0 Å². The van der Waals surface area contributed by atoms with Crippen LogP contribution in [0.15, 0.2) is 48.1 Å². The highest BCUT2D eigenvalue weighted by molar-refractivity contribution is 7.19. The molecule has 0 fully saturated rings. The van der Waals surface area contributed by atoms with Gasteiger partial charge in [0.05, 0.1) is 10.2 Å². The molecule has 2 aromatic rings. The summed E-state index contributed by atoms with van der Waals surface area (Å²) in [6, 6.07) is 7.80. The number of ether oxygens (including phenoxy) is 1. The van der Waals surface area contributed by atoms with Gasteiger partial charge in [0.15, 0.2) is 11.1 Å². The number of hydrogen-bond donors (Lipinski definition) is 0. The maximum Gasteiger partial charge on any atom is 0.331 e. The molecule has 0 saturated carbocycles. The molecule has 0 aliphatic heterocycles. The van der Waals surface area contributed by atoms with Crippen LogP contribution in [-0.4, -0.2) is 28.5 Å². The smallest absolute Gasteiger partial charge is 0.331 e. The van der Waals surface area contributed by atoms with Crippen LogP contribution in [-0.2, 0) is 9.53 Å². The zero-order valence-corrected chi connectivity index (χ0v) is 16.3. The first-order chi connectivity index (χ1) is 13.5. The molecule has 7 heteroatoms. The van der Waals surface area contributed by atoms with Gasteiger partial charge in [0, 0.05) is 16.9 Å². The Kier molecular flexibility index (Phi) is 6.56. The largest absolute Gasteiger partial charge is 0.446 e. The van der Waals surface area contributed by atoms with Crippen LogP contribution in [0.4, 0.5) is 0 Å². The van der Waals surface area contributed by atoms with Crippen molar-refractivity contribution in [2.45, 2.75) is 32.3 Å². The molecule has 1 aliphatic rings. The fourth-order valence-corrected chi connectivity index (χ4v) is 3.86. The summed E-state index contributed by atoms with van der Waals surface area (Å²) in [6.45, 7) is 1.67. The first-order valence-electron chi connectivity index (χ1n) is 9.06. The van der Waals surface area contributed by atoms with E-state index in [0.29, 0.717) is 11.4 Å². The summed E-state index contributed by atoms with van der Waals surface area (Å²) in [6.07, 6.45) is 6.69. The van der Waals surface area contributed by atoms with Gasteiger partial charge in [-0.3, -0.25) is 10.1 Å². The lowest BCUT2D eigenvalue weighted by Gasteiger charge is -2.17. The number of nitrogens with zero attached hydrogens (tertiary/aromatic N) is 2. The highest BCUT2D eigenvalue weighted by Gasteiger charge is 2.19. The number of rotatable bonds is 5. The van der Waals surface area contributed by atoms with E-state index in [9.17, 15) is 14.9 Å². The topological polar surface area (TPSA) is 82.3 Å². The van der Waals surface area contributed by atoms with Gasteiger partial charge in [-0.1, -0.05) is 35.8 Å². The summed E-state index contributed by atoms with van der Waals surface area (Å²) in [5, 5.41) is 11.3. The second-order valence-electron chi connectivity index (χ2n) is 6.61. The Balaban J connectivity index is 1.52. The molecule has 0 N–H and O–H groups in total. The minimum absolute atomic E-state index is 0.0225. The van der Waals surface area contributed by atoms with Gasteiger partial charge >= 0.3 is 5.97 Å². The van der Waals surface area contributed by atoms with Crippen molar-refractivity contribution in [2.75, 3.05) is 6.54 Å². The lowest BCUT2D eigenvalue weighted by molar-refractivity contribution is -0.488. The minimum atomic E-state index is -0.563. The number of allylic oxidation sites excluding steroid dienone is 3. The van der Waals surface area contributed by atoms with E-state index in [2.05, 4.69) is 16.8 Å². The fourth-order valence-electron chi connectivity index (χ4n) is 3.03. The van der Waals surface area contributed by atoms with Crippen molar-refractivity contribution in [1.29, 1.82) is 0 Å². The summed E-state index contributed by atoms with van der Waals surface area (Å²) >= 11 is 1.50. The number of fused-ring (bicyclic) bond motifs is 1. The Morgan fingerprint density at radius 2 is 2.32 bits per heavy atom. The number of carbonyl (C=O) groups is 1. The lowest BCUT2D eigenvalue weighted by Crippen LogP contribution is -2.17. The predicted molar refractivity (Wildman–Crippen MR) is 108 cm³/mol. The first kappa shape index (κ1) is 19.8. The van der Waals surface area contributed by atoms with Crippen LogP contribution >= 0.6 is 11.3 Å². The number of aromatic nitrogens is 1. The van der Waals surface area contributed by atoms with E-state index in [0.717, 1.165) is 28.6 Å². The van der Waals surface area contributed by atoms with Gasteiger partial charge in [-0.05, 0) is 44.2 Å². The maximum atomic E-state index is 12.0. The molecule has 0 radical (unpaired) electrons. The van der Waals surface area contributed by atoms with E-state index in [1.54, 1.807) is 13.0 Å². The van der Waals surface area contributed by atoms with E-state index in [-0.39, 0.29) is 17.4 Å². The van der Waals surface area contributed by atoms with Crippen molar-refractivity contribution in [3.8, 4) is 11.8 Å². The second kappa shape index (κ2) is 9.29. The van der Waals surface area contributed by atoms with Crippen molar-refractivity contribution < 1.29 is 14.5 Å². The second-order valence-corrected chi connectivity index (χ2v) is 7.64. The van der Waals surface area contributed by atoms with Gasteiger partial charge in [0.1, 0.15) is 0 Å². The molecule has 0 bridgehead atoms. The summed E-state index contributed by atoms with van der Waals surface area (Å²) in [4.78, 5) is 26.8. The zero-order chi connectivity index (χ0) is 19.9. The van der Waals surface area contributed by atoms with Gasteiger partial charge in [0.2, 0.25) is 6.54 Å². The zero-order valence-electron chi connectivity index (χ0n) is 15.5. The molecule has 1 heterocycles. The quantitative estimate of drug-likeness (QED) is 0.249. The van der Waals surface area contributed by atoms with Crippen LogP contribution in [0.25, 0.3) is 10.2 Å². The van der Waals surface area contributed by atoms with Crippen LogP contribution in [0, 0.1) is 27.9 Å². The van der Waals surface area contributed by atoms with E-state index in [1.165, 1.54) is 17.4 Å². The van der Waals surface area contributed by atoms with E-state index >= 15 is 0 Å². The van der Waals surface area contributed by atoms with Gasteiger partial charge in [0.25, 0.3) is 0 Å². The molecular weight excluding hydrogens is 376 g/mol. The molecule has 28 heavy (non-hydrogen) atoms. The summed E-state index contributed by atoms with van der Waals surface area (Å²) < 4.78 is 6.34. The molecule has 3 rings (SSSR count). The minimum Gasteiger partial charge on any atom is -0.446 e. The molecule has 144 valence electrons. The number of carbonyl (C=O) groups excluding carboxylic acids is 1. The molecule has 6 nitrogen and oxygen atoms in total. The normalized spacial score (nSPS) is 17.6. The number of thiazole rings is 1. The Hall–Kier alpha value is -2.98. The van der Waals surface area contributed by atoms with Gasteiger partial charge in [-0.25, -0.2) is 9.78 Å². The molecule has 0 spiro atoms. The number of para-hydroxylation sites is 1.